The molecule has 1 atom stereocenters. The van der Waals surface area contributed by atoms with Gasteiger partial charge in [0.25, 0.3) is 5.91 Å². The highest BCUT2D eigenvalue weighted by molar-refractivity contribution is 9.10. The Morgan fingerprint density at radius 3 is 2.93 bits per heavy atom. The first-order valence-corrected chi connectivity index (χ1v) is 10.8. The fourth-order valence-electron chi connectivity index (χ4n) is 3.48. The van der Waals surface area contributed by atoms with Gasteiger partial charge in [0.1, 0.15) is 5.58 Å². The maximum Gasteiger partial charge on any atom is 0.295 e. The lowest BCUT2D eigenvalue weighted by Gasteiger charge is -2.22. The second kappa shape index (κ2) is 7.31. The van der Waals surface area contributed by atoms with Gasteiger partial charge in [-0.05, 0) is 53.0 Å². The van der Waals surface area contributed by atoms with E-state index in [2.05, 4.69) is 15.9 Å². The summed E-state index contributed by atoms with van der Waals surface area (Å²) in [5.41, 5.74) is 1.56. The molecule has 0 aliphatic carbocycles. The van der Waals surface area contributed by atoms with Crippen molar-refractivity contribution in [3.05, 3.63) is 58.8 Å². The Labute approximate surface area is 174 Å². The summed E-state index contributed by atoms with van der Waals surface area (Å²) in [5.74, 6) is 0.108. The van der Waals surface area contributed by atoms with Gasteiger partial charge in [0.05, 0.1) is 27.3 Å². The van der Waals surface area contributed by atoms with Crippen LogP contribution >= 0.6 is 27.3 Å². The molecule has 0 N–H and O–H groups in total. The van der Waals surface area contributed by atoms with E-state index in [4.69, 9.17) is 14.1 Å². The zero-order valence-corrected chi connectivity index (χ0v) is 17.3. The molecule has 1 unspecified atom stereocenters. The van der Waals surface area contributed by atoms with Gasteiger partial charge in [-0.25, -0.2) is 4.98 Å². The lowest BCUT2D eigenvalue weighted by molar-refractivity contribution is 0.0896. The van der Waals surface area contributed by atoms with Gasteiger partial charge in [-0.2, -0.15) is 0 Å². The van der Waals surface area contributed by atoms with E-state index in [1.807, 2.05) is 42.5 Å². The van der Waals surface area contributed by atoms with Crippen LogP contribution < -0.4 is 4.90 Å². The molecule has 3 heterocycles. The van der Waals surface area contributed by atoms with Crippen LogP contribution in [0.4, 0.5) is 5.13 Å². The Balaban J connectivity index is 1.55. The molecule has 7 heteroatoms. The SMILES string of the molecule is O=C(c1cc2cccc(Br)c2o1)N(CC1CCCO1)c1nc2ccccc2s1. The van der Waals surface area contributed by atoms with Gasteiger partial charge in [-0.15, -0.1) is 0 Å². The molecular weight excluding hydrogens is 440 g/mol. The Morgan fingerprint density at radius 1 is 1.25 bits per heavy atom. The number of nitrogens with zero attached hydrogens (tertiary/aromatic N) is 2. The standard InChI is InChI=1S/C21H17BrN2O3S/c22-15-7-3-5-13-11-17(27-19(13)15)20(25)24(12-14-6-4-10-26-14)21-23-16-8-1-2-9-18(16)28-21/h1-3,5,7-9,11,14H,4,6,10,12H2. The van der Waals surface area contributed by atoms with E-state index in [0.29, 0.717) is 23.0 Å². The average Bonchev–Trinajstić information content (AvgIpc) is 3.44. The number of furan rings is 1. The maximum atomic E-state index is 13.4. The van der Waals surface area contributed by atoms with Crippen molar-refractivity contribution in [1.29, 1.82) is 0 Å². The van der Waals surface area contributed by atoms with Gasteiger partial charge in [0.2, 0.25) is 0 Å². The number of thiazole rings is 1. The van der Waals surface area contributed by atoms with Crippen LogP contribution in [-0.4, -0.2) is 30.1 Å². The van der Waals surface area contributed by atoms with Crippen LogP contribution in [0.5, 0.6) is 0 Å². The van der Waals surface area contributed by atoms with Crippen LogP contribution in [-0.2, 0) is 4.74 Å². The summed E-state index contributed by atoms with van der Waals surface area (Å²) in [6.45, 7) is 1.21. The Hall–Kier alpha value is -2.22. The number of halogens is 1. The van der Waals surface area contributed by atoms with Gasteiger partial charge in [0.15, 0.2) is 10.9 Å². The van der Waals surface area contributed by atoms with Crippen molar-refractivity contribution in [3.63, 3.8) is 0 Å². The average molecular weight is 457 g/mol. The van der Waals surface area contributed by atoms with Crippen molar-refractivity contribution in [1.82, 2.24) is 4.98 Å². The topological polar surface area (TPSA) is 55.6 Å². The predicted molar refractivity (Wildman–Crippen MR) is 114 cm³/mol. The molecule has 5 nitrogen and oxygen atoms in total. The largest absolute Gasteiger partial charge is 0.450 e. The van der Waals surface area contributed by atoms with Crippen molar-refractivity contribution in [2.45, 2.75) is 18.9 Å². The smallest absolute Gasteiger partial charge is 0.295 e. The van der Waals surface area contributed by atoms with Crippen LogP contribution in [0.1, 0.15) is 23.4 Å². The van der Waals surface area contributed by atoms with Gasteiger partial charge in [-0.3, -0.25) is 9.69 Å². The molecule has 28 heavy (non-hydrogen) atoms. The fourth-order valence-corrected chi connectivity index (χ4v) is 4.92. The van der Waals surface area contributed by atoms with Crippen LogP contribution in [0.2, 0.25) is 0 Å². The van der Waals surface area contributed by atoms with E-state index >= 15 is 0 Å². The minimum absolute atomic E-state index is 0.0204. The first kappa shape index (κ1) is 17.8. The molecule has 1 amide bonds. The fraction of sp³-hybridized carbons (Fsp3) is 0.238. The molecule has 1 saturated heterocycles. The molecule has 0 spiro atoms. The van der Waals surface area contributed by atoms with Gasteiger partial charge in [0, 0.05) is 12.0 Å². The molecule has 142 valence electrons. The third-order valence-corrected chi connectivity index (χ3v) is 6.56. The Kier molecular flexibility index (Phi) is 4.66. The third-order valence-electron chi connectivity index (χ3n) is 4.88. The van der Waals surface area contributed by atoms with Crippen molar-refractivity contribution in [3.8, 4) is 0 Å². The van der Waals surface area contributed by atoms with Crippen LogP contribution in [0.3, 0.4) is 0 Å². The molecule has 0 saturated carbocycles. The van der Waals surface area contributed by atoms with E-state index < -0.39 is 0 Å². The van der Waals surface area contributed by atoms with Crippen molar-refractivity contribution in [2.24, 2.45) is 0 Å². The monoisotopic (exact) mass is 456 g/mol. The summed E-state index contributed by atoms with van der Waals surface area (Å²) >= 11 is 5.00. The summed E-state index contributed by atoms with van der Waals surface area (Å²) in [5, 5.41) is 1.56. The number of fused-ring (bicyclic) bond motifs is 2. The summed E-state index contributed by atoms with van der Waals surface area (Å²) in [4.78, 5) is 19.8. The first-order valence-electron chi connectivity index (χ1n) is 9.16. The number of para-hydroxylation sites is 2. The zero-order valence-electron chi connectivity index (χ0n) is 14.9. The number of carbonyl (C=O) groups excluding carboxylic acids is 1. The highest BCUT2D eigenvalue weighted by atomic mass is 79.9. The molecule has 0 radical (unpaired) electrons. The second-order valence-corrected chi connectivity index (χ2v) is 8.65. The predicted octanol–water partition coefficient (Wildman–Crippen LogP) is 5.63. The quantitative estimate of drug-likeness (QED) is 0.399. The van der Waals surface area contributed by atoms with E-state index in [1.54, 1.807) is 11.0 Å². The van der Waals surface area contributed by atoms with Gasteiger partial charge < -0.3 is 9.15 Å². The normalized spacial score (nSPS) is 16.8. The number of ether oxygens (including phenoxy) is 1. The molecule has 0 bridgehead atoms. The minimum Gasteiger partial charge on any atom is -0.450 e. The van der Waals surface area contributed by atoms with E-state index in [1.165, 1.54) is 11.3 Å². The molecular formula is C21H17BrN2O3S. The summed E-state index contributed by atoms with van der Waals surface area (Å²) < 4.78 is 13.6. The minimum atomic E-state index is -0.197. The number of amides is 1. The molecule has 1 aliphatic heterocycles. The summed E-state index contributed by atoms with van der Waals surface area (Å²) in [7, 11) is 0. The van der Waals surface area contributed by atoms with E-state index in [0.717, 1.165) is 39.5 Å². The lowest BCUT2D eigenvalue weighted by Crippen LogP contribution is -2.37. The first-order chi connectivity index (χ1) is 13.7. The number of rotatable bonds is 4. The number of aromatic nitrogens is 1. The lowest BCUT2D eigenvalue weighted by atomic mass is 10.2. The highest BCUT2D eigenvalue weighted by Crippen LogP contribution is 2.32. The van der Waals surface area contributed by atoms with Crippen molar-refractivity contribution < 1.29 is 13.9 Å². The Bertz CT molecular complexity index is 1130. The van der Waals surface area contributed by atoms with Gasteiger partial charge in [-0.1, -0.05) is 35.6 Å². The Morgan fingerprint density at radius 2 is 2.14 bits per heavy atom. The van der Waals surface area contributed by atoms with E-state index in [-0.39, 0.29) is 12.0 Å². The molecule has 2 aromatic heterocycles. The molecule has 1 aliphatic rings. The van der Waals surface area contributed by atoms with Gasteiger partial charge >= 0.3 is 0 Å². The molecule has 5 rings (SSSR count). The highest BCUT2D eigenvalue weighted by Gasteiger charge is 2.29. The van der Waals surface area contributed by atoms with Crippen LogP contribution in [0.15, 0.2) is 57.4 Å². The number of benzene rings is 2. The third kappa shape index (κ3) is 3.23. The van der Waals surface area contributed by atoms with Crippen LogP contribution in [0.25, 0.3) is 21.2 Å². The van der Waals surface area contributed by atoms with Crippen molar-refractivity contribution >= 4 is 59.5 Å². The number of anilines is 1. The summed E-state index contributed by atoms with van der Waals surface area (Å²) in [6, 6.07) is 15.5. The zero-order chi connectivity index (χ0) is 19.1. The number of carbonyl (C=O) groups is 1. The maximum absolute atomic E-state index is 13.4. The summed E-state index contributed by atoms with van der Waals surface area (Å²) in [6.07, 6.45) is 1.98. The number of hydrogen-bond donors (Lipinski definition) is 0. The molecule has 1 fully saturated rings. The van der Waals surface area contributed by atoms with Crippen molar-refractivity contribution in [2.75, 3.05) is 18.1 Å². The second-order valence-electron chi connectivity index (χ2n) is 6.78. The van der Waals surface area contributed by atoms with Crippen LogP contribution in [0, 0.1) is 0 Å². The number of hydrogen-bond acceptors (Lipinski definition) is 5. The molecule has 2 aromatic carbocycles. The van der Waals surface area contributed by atoms with E-state index in [9.17, 15) is 4.79 Å². The molecule has 4 aromatic rings.